The van der Waals surface area contributed by atoms with Gasteiger partial charge in [0.25, 0.3) is 0 Å². The topological polar surface area (TPSA) is 52.4 Å². The first-order valence-corrected chi connectivity index (χ1v) is 4.72. The first kappa shape index (κ1) is 11.4. The van der Waals surface area contributed by atoms with Crippen molar-refractivity contribution in [1.82, 2.24) is 0 Å². The summed E-state index contributed by atoms with van der Waals surface area (Å²) in [4.78, 5) is 9.65. The van der Waals surface area contributed by atoms with Gasteiger partial charge in [-0.3, -0.25) is 10.1 Å². The Morgan fingerprint density at radius 3 is 2.87 bits per heavy atom. The van der Waals surface area contributed by atoms with Gasteiger partial charge in [0.2, 0.25) is 5.82 Å². The number of hydrogen-bond donors (Lipinski definition) is 0. The molecule has 82 valence electrons. The van der Waals surface area contributed by atoms with Crippen LogP contribution in [-0.4, -0.2) is 11.5 Å². The molecule has 0 aromatic heterocycles. The van der Waals surface area contributed by atoms with Crippen molar-refractivity contribution in [3.05, 3.63) is 34.1 Å². The summed E-state index contributed by atoms with van der Waals surface area (Å²) in [7, 11) is 0. The fourth-order valence-corrected chi connectivity index (χ4v) is 1.08. The molecule has 0 spiro atoms. The van der Waals surface area contributed by atoms with E-state index in [1.165, 1.54) is 12.1 Å². The molecule has 0 radical (unpaired) electrons. The molecule has 1 aromatic rings. The second kappa shape index (κ2) is 5.29. The monoisotopic (exact) mass is 213 g/mol. The normalized spacial score (nSPS) is 10.0. The van der Waals surface area contributed by atoms with E-state index in [-0.39, 0.29) is 5.75 Å². The first-order valence-electron chi connectivity index (χ1n) is 4.72. The van der Waals surface area contributed by atoms with Crippen LogP contribution in [-0.2, 0) is 0 Å². The molecule has 0 bridgehead atoms. The third-order valence-corrected chi connectivity index (χ3v) is 1.90. The van der Waals surface area contributed by atoms with E-state index in [4.69, 9.17) is 4.74 Å². The molecule has 5 heteroatoms. The highest BCUT2D eigenvalue weighted by atomic mass is 19.1. The van der Waals surface area contributed by atoms with E-state index in [9.17, 15) is 14.5 Å². The van der Waals surface area contributed by atoms with Crippen LogP contribution in [0, 0.1) is 15.9 Å². The zero-order valence-electron chi connectivity index (χ0n) is 8.40. The first-order chi connectivity index (χ1) is 7.16. The lowest BCUT2D eigenvalue weighted by molar-refractivity contribution is -0.387. The lowest BCUT2D eigenvalue weighted by Crippen LogP contribution is -2.00. The van der Waals surface area contributed by atoms with Crippen LogP contribution in [0.25, 0.3) is 0 Å². The van der Waals surface area contributed by atoms with Gasteiger partial charge in [-0.25, -0.2) is 0 Å². The van der Waals surface area contributed by atoms with Gasteiger partial charge >= 0.3 is 5.69 Å². The number of halogens is 1. The van der Waals surface area contributed by atoms with Crippen LogP contribution in [0.3, 0.4) is 0 Å². The van der Waals surface area contributed by atoms with Crippen molar-refractivity contribution in [1.29, 1.82) is 0 Å². The van der Waals surface area contributed by atoms with E-state index in [1.807, 2.05) is 6.92 Å². The molecule has 0 heterocycles. The van der Waals surface area contributed by atoms with E-state index in [2.05, 4.69) is 0 Å². The molecule has 0 saturated heterocycles. The molecule has 4 nitrogen and oxygen atoms in total. The number of nitro groups is 1. The highest BCUT2D eigenvalue weighted by Crippen LogP contribution is 2.25. The lowest BCUT2D eigenvalue weighted by atomic mass is 10.3. The van der Waals surface area contributed by atoms with Gasteiger partial charge in [-0.1, -0.05) is 19.4 Å². The maximum Gasteiger partial charge on any atom is 0.308 e. The van der Waals surface area contributed by atoms with Crippen LogP contribution >= 0.6 is 0 Å². The summed E-state index contributed by atoms with van der Waals surface area (Å²) in [6.45, 7) is 2.35. The molecular weight excluding hydrogens is 201 g/mol. The van der Waals surface area contributed by atoms with Crippen LogP contribution < -0.4 is 4.74 Å². The lowest BCUT2D eigenvalue weighted by Gasteiger charge is -2.05. The van der Waals surface area contributed by atoms with Crippen molar-refractivity contribution < 1.29 is 14.1 Å². The van der Waals surface area contributed by atoms with Gasteiger partial charge in [-0.15, -0.1) is 0 Å². The molecule has 0 saturated carbocycles. The van der Waals surface area contributed by atoms with Crippen LogP contribution in [0.5, 0.6) is 5.75 Å². The Morgan fingerprint density at radius 2 is 2.27 bits per heavy atom. The number of hydrogen-bond acceptors (Lipinski definition) is 3. The highest BCUT2D eigenvalue weighted by Gasteiger charge is 2.17. The van der Waals surface area contributed by atoms with Gasteiger partial charge in [0.1, 0.15) is 0 Å². The van der Waals surface area contributed by atoms with Crippen molar-refractivity contribution in [3.63, 3.8) is 0 Å². The third kappa shape index (κ3) is 2.90. The number of ether oxygens (including phenoxy) is 1. The maximum absolute atomic E-state index is 13.4. The van der Waals surface area contributed by atoms with E-state index in [0.29, 0.717) is 6.61 Å². The summed E-state index contributed by atoms with van der Waals surface area (Å²) in [5, 5.41) is 10.4. The Balaban J connectivity index is 2.80. The molecule has 15 heavy (non-hydrogen) atoms. The minimum atomic E-state index is -0.904. The van der Waals surface area contributed by atoms with Gasteiger partial charge in [0.15, 0.2) is 5.75 Å². The van der Waals surface area contributed by atoms with Gasteiger partial charge in [-0.2, -0.15) is 4.39 Å². The molecule has 0 aliphatic rings. The number of nitro benzene ring substituents is 1. The molecule has 0 aliphatic carbocycles. The average Bonchev–Trinajstić information content (AvgIpc) is 2.20. The Labute approximate surface area is 86.8 Å². The van der Waals surface area contributed by atoms with Gasteiger partial charge in [0, 0.05) is 6.07 Å². The molecular formula is C10H12FNO3. The van der Waals surface area contributed by atoms with Gasteiger partial charge in [0.05, 0.1) is 11.5 Å². The molecule has 0 aliphatic heterocycles. The molecule has 1 aromatic carbocycles. The fraction of sp³-hybridized carbons (Fsp3) is 0.400. The predicted octanol–water partition coefficient (Wildman–Crippen LogP) is 2.91. The maximum atomic E-state index is 13.4. The Bertz CT molecular complexity index is 355. The smallest absolute Gasteiger partial charge is 0.308 e. The molecule has 0 fully saturated rings. The zero-order valence-corrected chi connectivity index (χ0v) is 8.40. The minimum absolute atomic E-state index is 0.0577. The average molecular weight is 213 g/mol. The van der Waals surface area contributed by atoms with Crippen molar-refractivity contribution in [2.75, 3.05) is 6.61 Å². The molecule has 1 rings (SSSR count). The molecule has 0 unspecified atom stereocenters. The van der Waals surface area contributed by atoms with Crippen LogP contribution in [0.1, 0.15) is 19.8 Å². The Hall–Kier alpha value is -1.65. The quantitative estimate of drug-likeness (QED) is 0.429. The molecule has 0 atom stereocenters. The van der Waals surface area contributed by atoms with Crippen molar-refractivity contribution in [2.45, 2.75) is 19.8 Å². The summed E-state index contributed by atoms with van der Waals surface area (Å²) >= 11 is 0. The van der Waals surface area contributed by atoms with Gasteiger partial charge in [-0.05, 0) is 12.5 Å². The van der Waals surface area contributed by atoms with E-state index in [1.54, 1.807) is 0 Å². The van der Waals surface area contributed by atoms with Gasteiger partial charge < -0.3 is 4.74 Å². The zero-order chi connectivity index (χ0) is 11.3. The van der Waals surface area contributed by atoms with E-state index < -0.39 is 16.4 Å². The van der Waals surface area contributed by atoms with Crippen LogP contribution in [0.2, 0.25) is 0 Å². The van der Waals surface area contributed by atoms with E-state index in [0.717, 1.165) is 18.9 Å². The van der Waals surface area contributed by atoms with Crippen LogP contribution in [0.4, 0.5) is 10.1 Å². The highest BCUT2D eigenvalue weighted by molar-refractivity contribution is 5.40. The number of rotatable bonds is 5. The molecule has 0 N–H and O–H groups in total. The number of benzene rings is 1. The van der Waals surface area contributed by atoms with Crippen molar-refractivity contribution >= 4 is 5.69 Å². The Kier molecular flexibility index (Phi) is 4.03. The molecule has 0 amide bonds. The number of unbranched alkanes of at least 4 members (excludes halogenated alkanes) is 1. The summed E-state index contributed by atoms with van der Waals surface area (Å²) in [6, 6.07) is 3.91. The Morgan fingerprint density at radius 1 is 1.53 bits per heavy atom. The second-order valence-corrected chi connectivity index (χ2v) is 3.05. The van der Waals surface area contributed by atoms with Crippen LogP contribution in [0.15, 0.2) is 18.2 Å². The van der Waals surface area contributed by atoms with Crippen molar-refractivity contribution in [2.24, 2.45) is 0 Å². The summed E-state index contributed by atoms with van der Waals surface area (Å²) < 4.78 is 18.5. The van der Waals surface area contributed by atoms with E-state index >= 15 is 0 Å². The number of nitrogens with zero attached hydrogens (tertiary/aromatic N) is 1. The second-order valence-electron chi connectivity index (χ2n) is 3.05. The SMILES string of the molecule is CCCCOc1cccc([N+](=O)[O-])c1F. The van der Waals surface area contributed by atoms with Crippen molar-refractivity contribution in [3.8, 4) is 5.75 Å². The third-order valence-electron chi connectivity index (χ3n) is 1.90. The summed E-state index contributed by atoms with van der Waals surface area (Å²) in [5.41, 5.74) is -0.552. The fourth-order valence-electron chi connectivity index (χ4n) is 1.08. The summed E-state index contributed by atoms with van der Waals surface area (Å²) in [6.07, 6.45) is 1.72. The largest absolute Gasteiger partial charge is 0.490 e. The minimum Gasteiger partial charge on any atom is -0.490 e. The summed E-state index contributed by atoms with van der Waals surface area (Å²) in [5.74, 6) is -0.962. The predicted molar refractivity (Wildman–Crippen MR) is 53.5 cm³/mol. The standard InChI is InChI=1S/C10H12FNO3/c1-2-3-7-15-9-6-4-5-8(10(9)11)12(13)14/h4-6H,2-3,7H2,1H3.